The Kier molecular flexibility index (Phi) is 7.69. The number of ether oxygens (including phenoxy) is 1. The number of hydrogen-bond acceptors (Lipinski definition) is 3. The molecule has 0 aliphatic carbocycles. The van der Waals surface area contributed by atoms with Gasteiger partial charge in [0.2, 0.25) is 11.7 Å². The maximum absolute atomic E-state index is 14.4. The summed E-state index contributed by atoms with van der Waals surface area (Å²) in [5, 5.41) is 4.17. The van der Waals surface area contributed by atoms with Gasteiger partial charge in [0, 0.05) is 26.3 Å². The topological polar surface area (TPSA) is 41.6 Å². The Morgan fingerprint density at radius 2 is 1.59 bits per heavy atom. The first-order chi connectivity index (χ1) is 16.3. The van der Waals surface area contributed by atoms with Crippen LogP contribution in [0.2, 0.25) is 0 Å². The van der Waals surface area contributed by atoms with Gasteiger partial charge in [-0.1, -0.05) is 34.9 Å². The highest BCUT2D eigenvalue weighted by Gasteiger charge is 2.39. The molecule has 2 aromatic rings. The first-order valence-corrected chi connectivity index (χ1v) is 12.3. The maximum atomic E-state index is 14.4. The summed E-state index contributed by atoms with van der Waals surface area (Å²) in [4.78, 5) is 11.8. The Bertz CT molecular complexity index is 1070. The fraction of sp³-hybridized carbons (Fsp3) is 0.417. The van der Waals surface area contributed by atoms with Gasteiger partial charge in [0.05, 0.1) is 10.9 Å². The zero-order valence-electron chi connectivity index (χ0n) is 18.6. The van der Waals surface area contributed by atoms with E-state index in [-0.39, 0.29) is 12.5 Å². The summed E-state index contributed by atoms with van der Waals surface area (Å²) in [6.45, 7) is 3.53. The summed E-state index contributed by atoms with van der Waals surface area (Å²) in [6.07, 6.45) is 2.38. The van der Waals surface area contributed by atoms with E-state index in [1.807, 2.05) is 24.3 Å². The smallest absolute Gasteiger partial charge is 0.238 e. The van der Waals surface area contributed by atoms with Crippen molar-refractivity contribution in [3.63, 3.8) is 0 Å². The molecule has 2 aromatic carbocycles. The quantitative estimate of drug-likeness (QED) is 0.262. The van der Waals surface area contributed by atoms with E-state index in [1.54, 1.807) is 0 Å². The van der Waals surface area contributed by atoms with Crippen LogP contribution in [0.4, 0.5) is 22.0 Å². The maximum Gasteiger partial charge on any atom is 0.238 e. The van der Waals surface area contributed by atoms with Crippen LogP contribution in [0.3, 0.4) is 0 Å². The molecule has 1 unspecified atom stereocenters. The van der Waals surface area contributed by atoms with Crippen LogP contribution in [0, 0.1) is 29.1 Å². The predicted molar refractivity (Wildman–Crippen MR) is 120 cm³/mol. The van der Waals surface area contributed by atoms with Gasteiger partial charge in [0.15, 0.2) is 23.3 Å². The lowest BCUT2D eigenvalue weighted by molar-refractivity contribution is -0.127. The summed E-state index contributed by atoms with van der Waals surface area (Å²) < 4.78 is 76.4. The van der Waals surface area contributed by atoms with Gasteiger partial charge in [-0.2, -0.15) is 0 Å². The minimum atomic E-state index is -2.20. The molecule has 1 N–H and O–H groups in total. The van der Waals surface area contributed by atoms with Crippen LogP contribution in [-0.2, 0) is 16.1 Å². The van der Waals surface area contributed by atoms with Gasteiger partial charge in [0.25, 0.3) is 0 Å². The summed E-state index contributed by atoms with van der Waals surface area (Å²) in [7, 11) is -1.57. The first-order valence-electron chi connectivity index (χ1n) is 11.1. The van der Waals surface area contributed by atoms with Gasteiger partial charge < -0.3 is 10.1 Å². The number of nitrogens with zero attached hydrogens (tertiary/aromatic N) is 1. The van der Waals surface area contributed by atoms with Crippen LogP contribution in [0.1, 0.15) is 43.2 Å². The molecule has 0 radical (unpaired) electrons. The van der Waals surface area contributed by atoms with Crippen LogP contribution in [-0.4, -0.2) is 41.4 Å². The Morgan fingerprint density at radius 3 is 2.12 bits per heavy atom. The second kappa shape index (κ2) is 10.5. The molecule has 184 valence electrons. The molecule has 1 amide bonds. The Balaban J connectivity index is 1.42. The second-order valence-corrected chi connectivity index (χ2v) is 10.2. The molecular weight excluding hydrogens is 475 g/mol. The lowest BCUT2D eigenvalue weighted by Crippen LogP contribution is -2.53. The minimum Gasteiger partial charge on any atom is -0.381 e. The van der Waals surface area contributed by atoms with E-state index in [2.05, 4.69) is 5.32 Å². The van der Waals surface area contributed by atoms with E-state index in [9.17, 15) is 26.7 Å². The van der Waals surface area contributed by atoms with Crippen molar-refractivity contribution in [3.05, 3.63) is 64.5 Å². The van der Waals surface area contributed by atoms with Crippen molar-refractivity contribution in [1.29, 1.82) is 0 Å². The molecule has 10 heteroatoms. The van der Waals surface area contributed by atoms with E-state index in [4.69, 9.17) is 4.74 Å². The molecule has 0 saturated carbocycles. The molecule has 34 heavy (non-hydrogen) atoms. The lowest BCUT2D eigenvalue weighted by atomic mass is 9.91. The van der Waals surface area contributed by atoms with Crippen LogP contribution in [0.25, 0.3) is 0 Å². The van der Waals surface area contributed by atoms with Crippen LogP contribution in [0.15, 0.2) is 29.2 Å². The fourth-order valence-electron chi connectivity index (χ4n) is 4.25. The normalized spacial score (nSPS) is 20.2. The molecule has 2 aliphatic rings. The minimum absolute atomic E-state index is 0.267. The number of halogens is 5. The highest BCUT2D eigenvalue weighted by Crippen LogP contribution is 2.42. The molecule has 2 atom stereocenters. The van der Waals surface area contributed by atoms with Gasteiger partial charge in [-0.25, -0.2) is 26.3 Å². The highest BCUT2D eigenvalue weighted by atomic mass is 32.2. The average Bonchev–Trinajstić information content (AvgIpc) is 2.84. The molecule has 4 nitrogen and oxygen atoms in total. The Morgan fingerprint density at radius 1 is 1.00 bits per heavy atom. The van der Waals surface area contributed by atoms with E-state index in [0.29, 0.717) is 18.9 Å². The van der Waals surface area contributed by atoms with Crippen molar-refractivity contribution in [1.82, 2.24) is 9.62 Å². The monoisotopic (exact) mass is 500 g/mol. The van der Waals surface area contributed by atoms with Crippen molar-refractivity contribution >= 4 is 21.9 Å². The zero-order chi connectivity index (χ0) is 24.4. The van der Waals surface area contributed by atoms with Crippen LogP contribution < -0.4 is 5.32 Å². The van der Waals surface area contributed by atoms with Gasteiger partial charge in [-0.05, 0) is 48.6 Å². The van der Waals surface area contributed by atoms with Gasteiger partial charge in [-0.3, -0.25) is 4.79 Å². The van der Waals surface area contributed by atoms with E-state index >= 15 is 0 Å². The fourth-order valence-corrected chi connectivity index (χ4v) is 6.31. The summed E-state index contributed by atoms with van der Waals surface area (Å²) >= 11 is 0. The van der Waals surface area contributed by atoms with Crippen molar-refractivity contribution in [2.45, 2.75) is 49.6 Å². The zero-order valence-corrected chi connectivity index (χ0v) is 19.4. The number of nitrogens with one attached hydrogen (secondary N) is 1. The number of rotatable bonds is 6. The number of amides is 1. The summed E-state index contributed by atoms with van der Waals surface area (Å²) in [5.74, 6) is -9.80. The van der Waals surface area contributed by atoms with E-state index in [0.717, 1.165) is 31.6 Å². The Hall–Kier alpha value is -2.30. The number of carbonyl (C=O) groups excluding carboxylic acids is 1. The Labute approximate surface area is 197 Å². The van der Waals surface area contributed by atoms with Crippen molar-refractivity contribution < 1.29 is 31.5 Å². The van der Waals surface area contributed by atoms with Crippen LogP contribution >= 0.6 is 10.7 Å². The number of carbonyl (C=O) groups is 1. The third-order valence-corrected chi connectivity index (χ3v) is 8.43. The summed E-state index contributed by atoms with van der Waals surface area (Å²) in [5.41, 5.74) is 2.13. The first kappa shape index (κ1) is 24.8. The van der Waals surface area contributed by atoms with Gasteiger partial charge >= 0.3 is 0 Å². The third-order valence-electron chi connectivity index (χ3n) is 6.27. The lowest BCUT2D eigenvalue weighted by Gasteiger charge is -2.41. The SMILES string of the molecule is C/C=S(\c1c(F)c(F)c(F)c(F)c1F)N1CC[C@@H]1C(=O)NCc1ccc(C2CCOCC2)cc1. The molecule has 4 rings (SSSR count). The molecule has 0 bridgehead atoms. The molecule has 2 aliphatic heterocycles. The van der Waals surface area contributed by atoms with Gasteiger partial charge in [-0.15, -0.1) is 0 Å². The van der Waals surface area contributed by atoms with Gasteiger partial charge in [0.1, 0.15) is 0 Å². The number of benzene rings is 2. The van der Waals surface area contributed by atoms with Crippen molar-refractivity contribution in [2.75, 3.05) is 19.8 Å². The van der Waals surface area contributed by atoms with E-state index in [1.165, 1.54) is 22.2 Å². The predicted octanol–water partition coefficient (Wildman–Crippen LogP) is 5.03. The standard InChI is InChI=1S/C24H25F5N2O2S/c1-2-34(23-21(28)19(26)18(25)20(27)22(23)29)31-10-7-17(31)24(32)30-13-14-3-5-15(6-4-14)16-8-11-33-12-9-16/h2-6,16-17H,7-13H2,1H3,(H,30,32)/t17-,34?/m1/s1. The second-order valence-electron chi connectivity index (χ2n) is 8.24. The number of hydrogen-bond donors (Lipinski definition) is 1. The molecular formula is C24H25F5N2O2S. The largest absolute Gasteiger partial charge is 0.381 e. The summed E-state index contributed by atoms with van der Waals surface area (Å²) in [6, 6.07) is 7.25. The van der Waals surface area contributed by atoms with Crippen molar-refractivity contribution in [3.8, 4) is 0 Å². The molecule has 0 aromatic heterocycles. The molecule has 2 saturated heterocycles. The average molecular weight is 501 g/mol. The molecule has 0 spiro atoms. The third kappa shape index (κ3) is 4.76. The molecule has 2 fully saturated rings. The highest BCUT2D eigenvalue weighted by molar-refractivity contribution is 8.13. The molecule has 2 heterocycles. The van der Waals surface area contributed by atoms with Crippen LogP contribution in [0.5, 0.6) is 0 Å². The van der Waals surface area contributed by atoms with E-state index < -0.39 is 50.7 Å². The van der Waals surface area contributed by atoms with Crippen molar-refractivity contribution in [2.24, 2.45) is 0 Å².